The van der Waals surface area contributed by atoms with Crippen molar-refractivity contribution in [3.63, 3.8) is 0 Å². The molecule has 0 bridgehead atoms. The molecule has 0 spiro atoms. The number of fused-ring (bicyclic) bond motifs is 5. The highest BCUT2D eigenvalue weighted by molar-refractivity contribution is 7.26. The lowest BCUT2D eigenvalue weighted by molar-refractivity contribution is 1.49. The van der Waals surface area contributed by atoms with Crippen LogP contribution in [0.3, 0.4) is 0 Å². The van der Waals surface area contributed by atoms with Crippen LogP contribution in [0.25, 0.3) is 47.6 Å². The lowest BCUT2D eigenvalue weighted by Gasteiger charge is -2.06. The highest BCUT2D eigenvalue weighted by Crippen LogP contribution is 2.40. The third-order valence-corrected chi connectivity index (χ3v) is 6.70. The van der Waals surface area contributed by atoms with Crippen LogP contribution in [-0.4, -0.2) is 6.21 Å². The number of hydrogen-bond donors (Lipinski definition) is 1. The lowest BCUT2D eigenvalue weighted by atomic mass is 9.98. The summed E-state index contributed by atoms with van der Waals surface area (Å²) in [5, 5.41) is 21.4. The van der Waals surface area contributed by atoms with Gasteiger partial charge in [-0.1, -0.05) is 81.1 Å². The van der Waals surface area contributed by atoms with Crippen molar-refractivity contribution in [1.82, 2.24) is 0 Å². The van der Waals surface area contributed by atoms with Crippen LogP contribution in [0, 0.1) is 16.7 Å². The summed E-state index contributed by atoms with van der Waals surface area (Å²) in [6.45, 7) is 8.03. The summed E-state index contributed by atoms with van der Waals surface area (Å²) in [5.74, 6) is 0. The van der Waals surface area contributed by atoms with Gasteiger partial charge in [-0.05, 0) is 57.3 Å². The first-order valence-corrected chi connectivity index (χ1v) is 11.8. The molecule has 5 rings (SSSR count). The van der Waals surface area contributed by atoms with E-state index < -0.39 is 0 Å². The Bertz CT molecular complexity index is 1560. The Hall–Kier alpha value is -4.00. The van der Waals surface area contributed by atoms with Gasteiger partial charge in [0.1, 0.15) is 6.07 Å². The number of nitrogens with one attached hydrogen (secondary N) is 1. The highest BCUT2D eigenvalue weighted by atomic mass is 32.1. The Balaban J connectivity index is 0.00000126. The summed E-state index contributed by atoms with van der Waals surface area (Å²) in [5.41, 5.74) is 4.25. The second kappa shape index (κ2) is 9.65. The fourth-order valence-corrected chi connectivity index (χ4v) is 5.08. The third-order valence-electron chi connectivity index (χ3n) is 5.56. The van der Waals surface area contributed by atoms with Crippen LogP contribution in [0.4, 0.5) is 0 Å². The SMILES string of the molecule is C=C(/C=C(/C#N)C=N)c1ccc(-c2ccc3sc4ccc5ccccc5c4c3c2)cc1.CC. The largest absolute Gasteiger partial charge is 0.307 e. The molecule has 1 N–H and O–H groups in total. The third kappa shape index (κ3) is 4.22. The topological polar surface area (TPSA) is 47.6 Å². The molecular weight excluding hydrogens is 420 g/mol. The van der Waals surface area contributed by atoms with E-state index in [0.717, 1.165) is 22.9 Å². The van der Waals surface area contributed by atoms with Crippen LogP contribution < -0.4 is 0 Å². The molecule has 0 amide bonds. The van der Waals surface area contributed by atoms with Crippen LogP contribution >= 0.6 is 11.3 Å². The van der Waals surface area contributed by atoms with E-state index in [0.29, 0.717) is 0 Å². The standard InChI is InChI=1S/C28H18N2S.C2H6/c1-18(14-19(16-29)17-30)20-6-8-21(9-7-20)23-11-12-26-25(15-23)28-24-5-3-2-4-22(24)10-13-27(28)31-26;1-2/h2-16,29H,1H2;1-2H3/b19-14+,29-16?;. The maximum Gasteiger partial charge on any atom is 0.101 e. The molecule has 160 valence electrons. The molecule has 1 heterocycles. The summed E-state index contributed by atoms with van der Waals surface area (Å²) in [6.07, 6.45) is 2.68. The molecule has 0 aliphatic heterocycles. The number of allylic oxidation sites excluding steroid dienone is 3. The zero-order chi connectivity index (χ0) is 23.4. The minimum atomic E-state index is 0.288. The molecule has 0 aliphatic carbocycles. The molecule has 0 aliphatic rings. The van der Waals surface area contributed by atoms with Gasteiger partial charge >= 0.3 is 0 Å². The number of benzene rings is 4. The van der Waals surface area contributed by atoms with E-state index >= 15 is 0 Å². The van der Waals surface area contributed by atoms with Gasteiger partial charge in [-0.2, -0.15) is 5.26 Å². The van der Waals surface area contributed by atoms with Crippen molar-refractivity contribution < 1.29 is 0 Å². The van der Waals surface area contributed by atoms with Crippen molar-refractivity contribution in [2.24, 2.45) is 0 Å². The Morgan fingerprint density at radius 3 is 2.30 bits per heavy atom. The van der Waals surface area contributed by atoms with Crippen LogP contribution in [-0.2, 0) is 0 Å². The minimum absolute atomic E-state index is 0.288. The first kappa shape index (κ1) is 22.2. The van der Waals surface area contributed by atoms with E-state index in [-0.39, 0.29) is 5.57 Å². The first-order valence-electron chi connectivity index (χ1n) is 10.9. The molecule has 0 fully saturated rings. The van der Waals surface area contributed by atoms with Gasteiger partial charge in [0.2, 0.25) is 0 Å². The van der Waals surface area contributed by atoms with Gasteiger partial charge in [0.05, 0.1) is 5.57 Å². The predicted octanol–water partition coefficient (Wildman–Crippen LogP) is 9.01. The maximum atomic E-state index is 9.01. The Kier molecular flexibility index (Phi) is 6.49. The Labute approximate surface area is 198 Å². The van der Waals surface area contributed by atoms with Crippen molar-refractivity contribution in [3.8, 4) is 17.2 Å². The van der Waals surface area contributed by atoms with Crippen molar-refractivity contribution >= 4 is 54.1 Å². The van der Waals surface area contributed by atoms with Crippen LogP contribution in [0.2, 0.25) is 0 Å². The van der Waals surface area contributed by atoms with Gasteiger partial charge in [-0.25, -0.2) is 0 Å². The first-order chi connectivity index (χ1) is 16.2. The second-order valence-corrected chi connectivity index (χ2v) is 8.52. The monoisotopic (exact) mass is 444 g/mol. The summed E-state index contributed by atoms with van der Waals surface area (Å²) in [6, 6.07) is 29.8. The number of nitriles is 1. The molecule has 3 heteroatoms. The predicted molar refractivity (Wildman–Crippen MR) is 145 cm³/mol. The van der Waals surface area contributed by atoms with E-state index in [1.807, 2.05) is 43.4 Å². The number of hydrogen-bond acceptors (Lipinski definition) is 3. The van der Waals surface area contributed by atoms with Crippen LogP contribution in [0.5, 0.6) is 0 Å². The average Bonchev–Trinajstić information content (AvgIpc) is 3.27. The summed E-state index contributed by atoms with van der Waals surface area (Å²) in [7, 11) is 0. The van der Waals surface area contributed by atoms with Crippen LogP contribution in [0.15, 0.2) is 97.1 Å². The van der Waals surface area contributed by atoms with E-state index in [9.17, 15) is 0 Å². The molecule has 0 saturated carbocycles. The number of nitrogens with zero attached hydrogens (tertiary/aromatic N) is 1. The fraction of sp³-hybridized carbons (Fsp3) is 0.0667. The van der Waals surface area contributed by atoms with Gasteiger partial charge < -0.3 is 5.41 Å². The number of thiophene rings is 1. The van der Waals surface area contributed by atoms with E-state index in [1.54, 1.807) is 6.08 Å². The Morgan fingerprint density at radius 1 is 0.879 bits per heavy atom. The van der Waals surface area contributed by atoms with Gasteiger partial charge in [0.15, 0.2) is 0 Å². The minimum Gasteiger partial charge on any atom is -0.307 e. The molecule has 4 aromatic carbocycles. The van der Waals surface area contributed by atoms with Gasteiger partial charge in [0, 0.05) is 26.4 Å². The average molecular weight is 445 g/mol. The fourth-order valence-electron chi connectivity index (χ4n) is 3.98. The summed E-state index contributed by atoms with van der Waals surface area (Å²) < 4.78 is 2.60. The van der Waals surface area contributed by atoms with Crippen molar-refractivity contribution in [1.29, 1.82) is 10.7 Å². The van der Waals surface area contributed by atoms with Gasteiger partial charge in [-0.15, -0.1) is 11.3 Å². The molecular formula is C30H24N2S. The molecule has 5 aromatic rings. The molecule has 1 aromatic heterocycles. The molecule has 33 heavy (non-hydrogen) atoms. The smallest absolute Gasteiger partial charge is 0.101 e. The van der Waals surface area contributed by atoms with E-state index in [4.69, 9.17) is 10.7 Å². The zero-order valence-corrected chi connectivity index (χ0v) is 19.5. The van der Waals surface area contributed by atoms with E-state index in [1.165, 1.54) is 36.5 Å². The maximum absolute atomic E-state index is 9.01. The number of rotatable bonds is 4. The highest BCUT2D eigenvalue weighted by Gasteiger charge is 2.10. The van der Waals surface area contributed by atoms with Crippen LogP contribution in [0.1, 0.15) is 19.4 Å². The van der Waals surface area contributed by atoms with E-state index in [2.05, 4.69) is 73.3 Å². The molecule has 0 saturated heterocycles. The van der Waals surface area contributed by atoms with Gasteiger partial charge in [-0.3, -0.25) is 0 Å². The Morgan fingerprint density at radius 2 is 1.58 bits per heavy atom. The molecule has 0 radical (unpaired) electrons. The zero-order valence-electron chi connectivity index (χ0n) is 18.7. The second-order valence-electron chi connectivity index (χ2n) is 7.43. The molecule has 2 nitrogen and oxygen atoms in total. The van der Waals surface area contributed by atoms with Crippen molar-refractivity contribution in [3.05, 3.63) is 103 Å². The molecule has 0 unspecified atom stereocenters. The van der Waals surface area contributed by atoms with Crippen molar-refractivity contribution in [2.75, 3.05) is 0 Å². The lowest BCUT2D eigenvalue weighted by Crippen LogP contribution is -1.85. The van der Waals surface area contributed by atoms with Gasteiger partial charge in [0.25, 0.3) is 0 Å². The normalized spacial score (nSPS) is 11.1. The van der Waals surface area contributed by atoms with Crippen molar-refractivity contribution in [2.45, 2.75) is 13.8 Å². The summed E-state index contributed by atoms with van der Waals surface area (Å²) in [4.78, 5) is 0. The molecule has 0 atom stereocenters. The quantitative estimate of drug-likeness (QED) is 0.168. The summed E-state index contributed by atoms with van der Waals surface area (Å²) >= 11 is 1.83.